The minimum absolute atomic E-state index is 0.0491. The Balaban J connectivity index is 2.07. The fourth-order valence-corrected chi connectivity index (χ4v) is 3.38. The predicted molar refractivity (Wildman–Crippen MR) is 88.5 cm³/mol. The zero-order chi connectivity index (χ0) is 16.2. The molecule has 2 rings (SSSR count). The van der Waals surface area contributed by atoms with Crippen molar-refractivity contribution in [3.63, 3.8) is 0 Å². The standard InChI is InChI=1S/C17H25NO3S/c1-17(2,3)21-16(20)18-10-6-4-5-8-13(18)12-14(19)15-9-7-11-22-15/h7,9,11,13H,4-6,8,10,12H2,1-3H3. The van der Waals surface area contributed by atoms with E-state index in [4.69, 9.17) is 4.74 Å². The summed E-state index contributed by atoms with van der Waals surface area (Å²) in [4.78, 5) is 27.4. The second-order valence-electron chi connectivity index (χ2n) is 6.78. The van der Waals surface area contributed by atoms with Gasteiger partial charge in [0.05, 0.1) is 4.88 Å². The molecule has 1 aromatic heterocycles. The molecular weight excluding hydrogens is 298 g/mol. The molecule has 0 bridgehead atoms. The lowest BCUT2D eigenvalue weighted by atomic mass is 10.0. The topological polar surface area (TPSA) is 46.6 Å². The Labute approximate surface area is 136 Å². The van der Waals surface area contributed by atoms with Gasteiger partial charge in [-0.15, -0.1) is 11.3 Å². The first-order valence-corrected chi connectivity index (χ1v) is 8.81. The Kier molecular flexibility index (Phi) is 5.62. The number of ketones is 1. The van der Waals surface area contributed by atoms with Crippen LogP contribution >= 0.6 is 11.3 Å². The van der Waals surface area contributed by atoms with Gasteiger partial charge < -0.3 is 9.64 Å². The first kappa shape index (κ1) is 17.0. The van der Waals surface area contributed by atoms with E-state index in [1.807, 2.05) is 38.3 Å². The number of Topliss-reactive ketones (excluding diaryl/α,β-unsaturated/α-hetero) is 1. The molecule has 1 aromatic rings. The van der Waals surface area contributed by atoms with Crippen LogP contribution in [-0.2, 0) is 4.74 Å². The first-order valence-electron chi connectivity index (χ1n) is 7.93. The molecule has 5 heteroatoms. The molecule has 0 saturated carbocycles. The van der Waals surface area contributed by atoms with Crippen molar-refractivity contribution in [2.75, 3.05) is 6.54 Å². The quantitative estimate of drug-likeness (QED) is 0.769. The van der Waals surface area contributed by atoms with Crippen molar-refractivity contribution in [2.45, 2.75) is 64.5 Å². The number of hydrogen-bond acceptors (Lipinski definition) is 4. The van der Waals surface area contributed by atoms with Gasteiger partial charge in [0.25, 0.3) is 0 Å². The molecule has 0 spiro atoms. The summed E-state index contributed by atoms with van der Waals surface area (Å²) in [6.07, 6.45) is 4.10. The van der Waals surface area contributed by atoms with Crippen LogP contribution in [0, 0.1) is 0 Å². The van der Waals surface area contributed by atoms with Crippen molar-refractivity contribution < 1.29 is 14.3 Å². The predicted octanol–water partition coefficient (Wildman–Crippen LogP) is 4.50. The van der Waals surface area contributed by atoms with Gasteiger partial charge in [-0.2, -0.15) is 0 Å². The Bertz CT molecular complexity index is 504. The van der Waals surface area contributed by atoms with E-state index in [0.717, 1.165) is 30.6 Å². The van der Waals surface area contributed by atoms with Crippen LogP contribution in [0.4, 0.5) is 4.79 Å². The molecule has 4 nitrogen and oxygen atoms in total. The Morgan fingerprint density at radius 2 is 2.09 bits per heavy atom. The van der Waals surface area contributed by atoms with Crippen LogP contribution in [0.25, 0.3) is 0 Å². The molecule has 0 N–H and O–H groups in total. The van der Waals surface area contributed by atoms with Gasteiger partial charge in [0.1, 0.15) is 5.60 Å². The lowest BCUT2D eigenvalue weighted by Crippen LogP contribution is -2.44. The molecule has 2 heterocycles. The highest BCUT2D eigenvalue weighted by molar-refractivity contribution is 7.12. The van der Waals surface area contributed by atoms with Crippen LogP contribution < -0.4 is 0 Å². The summed E-state index contributed by atoms with van der Waals surface area (Å²) in [5.74, 6) is 0.121. The fourth-order valence-electron chi connectivity index (χ4n) is 2.70. The lowest BCUT2D eigenvalue weighted by molar-refractivity contribution is 0.0162. The van der Waals surface area contributed by atoms with E-state index in [2.05, 4.69) is 0 Å². The molecule has 1 aliphatic rings. The van der Waals surface area contributed by atoms with E-state index in [0.29, 0.717) is 13.0 Å². The summed E-state index contributed by atoms with van der Waals surface area (Å²) < 4.78 is 5.51. The van der Waals surface area contributed by atoms with Crippen molar-refractivity contribution in [3.8, 4) is 0 Å². The SMILES string of the molecule is CC(C)(C)OC(=O)N1CCCCCC1CC(=O)c1cccs1. The average Bonchev–Trinajstić information content (AvgIpc) is 2.84. The number of carbonyl (C=O) groups is 2. The monoisotopic (exact) mass is 323 g/mol. The molecule has 1 atom stereocenters. The van der Waals surface area contributed by atoms with Crippen molar-refractivity contribution in [2.24, 2.45) is 0 Å². The normalized spacial score (nSPS) is 19.6. The van der Waals surface area contributed by atoms with E-state index < -0.39 is 5.60 Å². The highest BCUT2D eigenvalue weighted by Crippen LogP contribution is 2.24. The van der Waals surface area contributed by atoms with E-state index in [-0.39, 0.29) is 17.9 Å². The molecule has 1 fully saturated rings. The number of rotatable bonds is 3. The second-order valence-corrected chi connectivity index (χ2v) is 7.73. The maximum atomic E-state index is 12.4. The van der Waals surface area contributed by atoms with Crippen LogP contribution in [0.5, 0.6) is 0 Å². The Morgan fingerprint density at radius 3 is 2.73 bits per heavy atom. The summed E-state index contributed by atoms with van der Waals surface area (Å²) >= 11 is 1.46. The van der Waals surface area contributed by atoms with Crippen molar-refractivity contribution in [1.29, 1.82) is 0 Å². The minimum atomic E-state index is -0.508. The van der Waals surface area contributed by atoms with Crippen LogP contribution in [0.15, 0.2) is 17.5 Å². The molecule has 0 radical (unpaired) electrons. The largest absolute Gasteiger partial charge is 0.444 e. The third-order valence-corrected chi connectivity index (χ3v) is 4.63. The van der Waals surface area contributed by atoms with Gasteiger partial charge in [-0.05, 0) is 45.1 Å². The molecular formula is C17H25NO3S. The molecule has 1 unspecified atom stereocenters. The summed E-state index contributed by atoms with van der Waals surface area (Å²) in [7, 11) is 0. The number of nitrogens with zero attached hydrogens (tertiary/aromatic N) is 1. The van der Waals surface area contributed by atoms with Crippen LogP contribution in [-0.4, -0.2) is 35.0 Å². The number of hydrogen-bond donors (Lipinski definition) is 0. The van der Waals surface area contributed by atoms with Crippen molar-refractivity contribution >= 4 is 23.2 Å². The maximum Gasteiger partial charge on any atom is 0.410 e. The number of ether oxygens (including phenoxy) is 1. The molecule has 0 aromatic carbocycles. The van der Waals surface area contributed by atoms with Crippen LogP contribution in [0.2, 0.25) is 0 Å². The van der Waals surface area contributed by atoms with Crippen molar-refractivity contribution in [1.82, 2.24) is 4.90 Å². The van der Waals surface area contributed by atoms with E-state index in [9.17, 15) is 9.59 Å². The summed E-state index contributed by atoms with van der Waals surface area (Å²) in [5, 5.41) is 1.91. The smallest absolute Gasteiger partial charge is 0.410 e. The third-order valence-electron chi connectivity index (χ3n) is 3.72. The summed E-state index contributed by atoms with van der Waals surface area (Å²) in [6.45, 7) is 6.29. The number of likely N-dealkylation sites (tertiary alicyclic amines) is 1. The van der Waals surface area contributed by atoms with E-state index in [1.54, 1.807) is 4.90 Å². The van der Waals surface area contributed by atoms with Crippen molar-refractivity contribution in [3.05, 3.63) is 22.4 Å². The number of thiophene rings is 1. The van der Waals surface area contributed by atoms with Gasteiger partial charge >= 0.3 is 6.09 Å². The van der Waals surface area contributed by atoms with Crippen LogP contribution in [0.1, 0.15) is 62.5 Å². The van der Waals surface area contributed by atoms with Gasteiger partial charge in [0, 0.05) is 19.0 Å². The third kappa shape index (κ3) is 4.83. The molecule has 1 amide bonds. The molecule has 1 aliphatic heterocycles. The summed E-state index contributed by atoms with van der Waals surface area (Å²) in [5.41, 5.74) is -0.508. The highest BCUT2D eigenvalue weighted by atomic mass is 32.1. The van der Waals surface area contributed by atoms with Crippen LogP contribution in [0.3, 0.4) is 0 Å². The Morgan fingerprint density at radius 1 is 1.32 bits per heavy atom. The highest BCUT2D eigenvalue weighted by Gasteiger charge is 2.31. The minimum Gasteiger partial charge on any atom is -0.444 e. The maximum absolute atomic E-state index is 12.4. The number of carbonyl (C=O) groups excluding carboxylic acids is 2. The lowest BCUT2D eigenvalue weighted by Gasteiger charge is -2.32. The zero-order valence-corrected chi connectivity index (χ0v) is 14.4. The molecule has 0 aliphatic carbocycles. The van der Waals surface area contributed by atoms with Gasteiger partial charge in [-0.25, -0.2) is 4.79 Å². The molecule has 1 saturated heterocycles. The van der Waals surface area contributed by atoms with Gasteiger partial charge in [0.15, 0.2) is 5.78 Å². The second kappa shape index (κ2) is 7.27. The first-order chi connectivity index (χ1) is 10.4. The van der Waals surface area contributed by atoms with Gasteiger partial charge in [-0.1, -0.05) is 18.9 Å². The van der Waals surface area contributed by atoms with Gasteiger partial charge in [0.2, 0.25) is 0 Å². The zero-order valence-electron chi connectivity index (χ0n) is 13.6. The average molecular weight is 323 g/mol. The summed E-state index contributed by atoms with van der Waals surface area (Å²) in [6, 6.07) is 3.69. The van der Waals surface area contributed by atoms with Gasteiger partial charge in [-0.3, -0.25) is 4.79 Å². The van der Waals surface area contributed by atoms with E-state index in [1.165, 1.54) is 11.3 Å². The number of amides is 1. The van der Waals surface area contributed by atoms with E-state index >= 15 is 0 Å². The Hall–Kier alpha value is -1.36. The fraction of sp³-hybridized carbons (Fsp3) is 0.647. The molecule has 22 heavy (non-hydrogen) atoms. The molecule has 122 valence electrons.